The Balaban J connectivity index is 1.50. The Morgan fingerprint density at radius 1 is 0.906 bits per heavy atom. The first-order chi connectivity index (χ1) is 15.6. The van der Waals surface area contributed by atoms with E-state index in [-0.39, 0.29) is 17.5 Å². The summed E-state index contributed by atoms with van der Waals surface area (Å²) in [6.45, 7) is 0.418. The number of aromatic amines is 1. The normalized spacial score (nSPS) is 11.3. The Hall–Kier alpha value is -3.83. The maximum Gasteiger partial charge on any atom is 0.267 e. The topological polar surface area (TPSA) is 74.0 Å². The third-order valence-corrected chi connectivity index (χ3v) is 5.43. The molecule has 0 unspecified atom stereocenters. The second kappa shape index (κ2) is 9.98. The molecule has 4 aromatic rings. The summed E-state index contributed by atoms with van der Waals surface area (Å²) in [5.41, 5.74) is 3.41. The SMILES string of the molecule is O=C(NCCc1c[nH]c2ccccc12)C(=Cc1ccccc1Cl)NC(=O)c1ccccc1. The van der Waals surface area contributed by atoms with E-state index < -0.39 is 0 Å². The lowest BCUT2D eigenvalue weighted by atomic mass is 10.1. The van der Waals surface area contributed by atoms with E-state index in [1.54, 1.807) is 42.5 Å². The number of hydrogen-bond donors (Lipinski definition) is 3. The van der Waals surface area contributed by atoms with Crippen molar-refractivity contribution in [2.45, 2.75) is 6.42 Å². The van der Waals surface area contributed by atoms with Gasteiger partial charge >= 0.3 is 0 Å². The van der Waals surface area contributed by atoms with Gasteiger partial charge in [0.1, 0.15) is 5.70 Å². The van der Waals surface area contributed by atoms with Gasteiger partial charge in [0.15, 0.2) is 0 Å². The first-order valence-electron chi connectivity index (χ1n) is 10.3. The van der Waals surface area contributed by atoms with Gasteiger partial charge in [-0.3, -0.25) is 9.59 Å². The molecule has 32 heavy (non-hydrogen) atoms. The van der Waals surface area contributed by atoms with Gasteiger partial charge in [-0.15, -0.1) is 0 Å². The van der Waals surface area contributed by atoms with Crippen molar-refractivity contribution in [1.82, 2.24) is 15.6 Å². The van der Waals surface area contributed by atoms with Gasteiger partial charge < -0.3 is 15.6 Å². The maximum absolute atomic E-state index is 13.0. The van der Waals surface area contributed by atoms with E-state index in [1.165, 1.54) is 0 Å². The number of benzene rings is 3. The zero-order valence-corrected chi connectivity index (χ0v) is 18.0. The van der Waals surface area contributed by atoms with E-state index in [0.29, 0.717) is 29.1 Å². The fraction of sp³-hybridized carbons (Fsp3) is 0.0769. The van der Waals surface area contributed by atoms with Crippen LogP contribution >= 0.6 is 11.6 Å². The highest BCUT2D eigenvalue weighted by molar-refractivity contribution is 6.32. The van der Waals surface area contributed by atoms with Gasteiger partial charge in [0.05, 0.1) is 0 Å². The van der Waals surface area contributed by atoms with Crippen molar-refractivity contribution >= 4 is 40.4 Å². The van der Waals surface area contributed by atoms with Crippen LogP contribution in [0.4, 0.5) is 0 Å². The Kier molecular flexibility index (Phi) is 6.68. The first kappa shape index (κ1) is 21.4. The zero-order valence-electron chi connectivity index (χ0n) is 17.3. The molecule has 0 saturated heterocycles. The van der Waals surface area contributed by atoms with Gasteiger partial charge in [0.2, 0.25) is 0 Å². The number of hydrogen-bond acceptors (Lipinski definition) is 2. The molecule has 0 spiro atoms. The zero-order chi connectivity index (χ0) is 22.3. The molecule has 1 heterocycles. The number of para-hydroxylation sites is 1. The highest BCUT2D eigenvalue weighted by atomic mass is 35.5. The molecule has 0 fully saturated rings. The number of aromatic nitrogens is 1. The lowest BCUT2D eigenvalue weighted by molar-refractivity contribution is -0.117. The quantitative estimate of drug-likeness (QED) is 0.353. The van der Waals surface area contributed by atoms with Crippen LogP contribution in [0.2, 0.25) is 5.02 Å². The molecular formula is C26H22ClN3O2. The smallest absolute Gasteiger partial charge is 0.267 e. The van der Waals surface area contributed by atoms with Gasteiger partial charge in [0.25, 0.3) is 11.8 Å². The number of nitrogens with one attached hydrogen (secondary N) is 3. The second-order valence-corrected chi connectivity index (χ2v) is 7.67. The first-order valence-corrected chi connectivity index (χ1v) is 10.7. The van der Waals surface area contributed by atoms with E-state index in [9.17, 15) is 9.59 Å². The lowest BCUT2D eigenvalue weighted by Gasteiger charge is -2.12. The molecule has 0 atom stereocenters. The van der Waals surface area contributed by atoms with Crippen molar-refractivity contribution in [3.63, 3.8) is 0 Å². The number of fused-ring (bicyclic) bond motifs is 1. The van der Waals surface area contributed by atoms with Crippen molar-refractivity contribution in [2.75, 3.05) is 6.54 Å². The van der Waals surface area contributed by atoms with Crippen molar-refractivity contribution in [1.29, 1.82) is 0 Å². The number of carbonyl (C=O) groups is 2. The van der Waals surface area contributed by atoms with Crippen LogP contribution in [0.1, 0.15) is 21.5 Å². The fourth-order valence-electron chi connectivity index (χ4n) is 3.43. The van der Waals surface area contributed by atoms with Crippen LogP contribution in [0.3, 0.4) is 0 Å². The van der Waals surface area contributed by atoms with Crippen molar-refractivity contribution in [2.24, 2.45) is 0 Å². The van der Waals surface area contributed by atoms with Crippen molar-refractivity contribution in [3.8, 4) is 0 Å². The van der Waals surface area contributed by atoms with Gasteiger partial charge in [-0.05, 0) is 47.9 Å². The van der Waals surface area contributed by atoms with Crippen LogP contribution < -0.4 is 10.6 Å². The maximum atomic E-state index is 13.0. The molecule has 3 aromatic carbocycles. The van der Waals surface area contributed by atoms with Crippen LogP contribution in [0, 0.1) is 0 Å². The second-order valence-electron chi connectivity index (χ2n) is 7.27. The molecule has 1 aromatic heterocycles. The van der Waals surface area contributed by atoms with Gasteiger partial charge in [-0.2, -0.15) is 0 Å². The average Bonchev–Trinajstić information content (AvgIpc) is 3.23. The number of rotatable bonds is 7. The predicted molar refractivity (Wildman–Crippen MR) is 128 cm³/mol. The highest BCUT2D eigenvalue weighted by Crippen LogP contribution is 2.19. The third-order valence-electron chi connectivity index (χ3n) is 5.09. The van der Waals surface area contributed by atoms with Crippen molar-refractivity contribution < 1.29 is 9.59 Å². The molecule has 5 nitrogen and oxygen atoms in total. The molecular weight excluding hydrogens is 422 g/mol. The van der Waals surface area contributed by atoms with E-state index in [1.807, 2.05) is 48.7 Å². The minimum absolute atomic E-state index is 0.130. The molecule has 0 aliphatic carbocycles. The van der Waals surface area contributed by atoms with Crippen molar-refractivity contribution in [3.05, 3.63) is 112 Å². The van der Waals surface area contributed by atoms with Gasteiger partial charge in [-0.25, -0.2) is 0 Å². The summed E-state index contributed by atoms with van der Waals surface area (Å²) in [5, 5.41) is 7.25. The van der Waals surface area contributed by atoms with E-state index in [2.05, 4.69) is 15.6 Å². The van der Waals surface area contributed by atoms with E-state index >= 15 is 0 Å². The summed E-state index contributed by atoms with van der Waals surface area (Å²) in [7, 11) is 0. The number of halogens is 1. The van der Waals surface area contributed by atoms with E-state index in [0.717, 1.165) is 16.5 Å². The minimum atomic E-state index is -0.381. The molecule has 0 aliphatic heterocycles. The molecule has 0 saturated carbocycles. The molecule has 160 valence electrons. The number of amides is 2. The van der Waals surface area contributed by atoms with Crippen LogP contribution in [0.5, 0.6) is 0 Å². The van der Waals surface area contributed by atoms with Crippen LogP contribution in [-0.4, -0.2) is 23.3 Å². The summed E-state index contributed by atoms with van der Waals surface area (Å²) in [6.07, 6.45) is 4.19. The van der Waals surface area contributed by atoms with E-state index in [4.69, 9.17) is 11.6 Å². The number of H-pyrrole nitrogens is 1. The summed E-state index contributed by atoms with van der Waals surface area (Å²) < 4.78 is 0. The average molecular weight is 444 g/mol. The summed E-state index contributed by atoms with van der Waals surface area (Å²) >= 11 is 6.26. The lowest BCUT2D eigenvalue weighted by Crippen LogP contribution is -2.35. The Morgan fingerprint density at radius 2 is 1.62 bits per heavy atom. The van der Waals surface area contributed by atoms with Gasteiger partial charge in [-0.1, -0.05) is 66.2 Å². The largest absolute Gasteiger partial charge is 0.361 e. The molecule has 3 N–H and O–H groups in total. The van der Waals surface area contributed by atoms with Crippen LogP contribution in [-0.2, 0) is 11.2 Å². The Morgan fingerprint density at radius 3 is 2.44 bits per heavy atom. The Labute approximate surface area is 191 Å². The standard InChI is InChI=1S/C26H22ClN3O2/c27-22-12-6-4-10-19(22)16-24(30-25(31)18-8-2-1-3-9-18)26(32)28-15-14-20-17-29-23-13-7-5-11-21(20)23/h1-13,16-17,29H,14-15H2,(H,28,32)(H,30,31). The molecule has 2 amide bonds. The molecule has 4 rings (SSSR count). The molecule has 0 bridgehead atoms. The summed E-state index contributed by atoms with van der Waals surface area (Å²) in [6, 6.07) is 23.9. The third kappa shape index (κ3) is 5.07. The Bertz CT molecular complexity index is 1280. The summed E-state index contributed by atoms with van der Waals surface area (Å²) in [5.74, 6) is -0.746. The van der Waals surface area contributed by atoms with Crippen LogP contribution in [0.25, 0.3) is 17.0 Å². The molecule has 0 aliphatic rings. The minimum Gasteiger partial charge on any atom is -0.361 e. The highest BCUT2D eigenvalue weighted by Gasteiger charge is 2.15. The predicted octanol–water partition coefficient (Wildman–Crippen LogP) is 4.95. The molecule has 6 heteroatoms. The monoisotopic (exact) mass is 443 g/mol. The van der Waals surface area contributed by atoms with Gasteiger partial charge in [0, 0.05) is 34.2 Å². The number of carbonyl (C=O) groups excluding carboxylic acids is 2. The summed E-state index contributed by atoms with van der Waals surface area (Å²) in [4.78, 5) is 28.9. The van der Waals surface area contributed by atoms with Crippen LogP contribution in [0.15, 0.2) is 90.8 Å². The fourth-order valence-corrected chi connectivity index (χ4v) is 3.62. The molecule has 0 radical (unpaired) electrons.